The van der Waals surface area contributed by atoms with Gasteiger partial charge in [-0.3, -0.25) is 0 Å². The van der Waals surface area contributed by atoms with Crippen molar-refractivity contribution in [2.45, 2.75) is 26.8 Å². The van der Waals surface area contributed by atoms with Crippen molar-refractivity contribution in [3.63, 3.8) is 0 Å². The van der Waals surface area contributed by atoms with E-state index in [1.54, 1.807) is 0 Å². The van der Waals surface area contributed by atoms with Crippen LogP contribution in [0.15, 0.2) is 30.5 Å². The van der Waals surface area contributed by atoms with Crippen molar-refractivity contribution in [3.8, 4) is 0 Å². The number of likely N-dealkylation sites (N-methyl/N-ethyl adjacent to an activating group) is 1. The molecule has 0 radical (unpaired) electrons. The van der Waals surface area contributed by atoms with E-state index in [1.807, 2.05) is 7.05 Å². The SMILES string of the molecule is CNCCc1ccc2c(ccn2CC(C)C)c1. The van der Waals surface area contributed by atoms with Crippen LogP contribution in [0.25, 0.3) is 10.9 Å². The summed E-state index contributed by atoms with van der Waals surface area (Å²) in [6.07, 6.45) is 3.30. The largest absolute Gasteiger partial charge is 0.347 e. The number of nitrogens with one attached hydrogen (secondary N) is 1. The van der Waals surface area contributed by atoms with Crippen molar-refractivity contribution >= 4 is 10.9 Å². The van der Waals surface area contributed by atoms with E-state index in [2.05, 4.69) is 54.2 Å². The summed E-state index contributed by atoms with van der Waals surface area (Å²) in [6.45, 7) is 6.65. The molecular weight excluding hydrogens is 208 g/mol. The minimum absolute atomic E-state index is 0.689. The Labute approximate surface area is 104 Å². The lowest BCUT2D eigenvalue weighted by Gasteiger charge is -2.08. The maximum absolute atomic E-state index is 3.19. The van der Waals surface area contributed by atoms with Gasteiger partial charge >= 0.3 is 0 Å². The van der Waals surface area contributed by atoms with Crippen molar-refractivity contribution in [1.82, 2.24) is 9.88 Å². The summed E-state index contributed by atoms with van der Waals surface area (Å²) in [6, 6.07) is 9.03. The van der Waals surface area contributed by atoms with Gasteiger partial charge in [-0.05, 0) is 55.1 Å². The van der Waals surface area contributed by atoms with Crippen LogP contribution in [0, 0.1) is 5.92 Å². The molecule has 0 aliphatic rings. The summed E-state index contributed by atoms with van der Waals surface area (Å²) in [5.74, 6) is 0.689. The Hall–Kier alpha value is -1.28. The third-order valence-corrected chi connectivity index (χ3v) is 3.06. The van der Waals surface area contributed by atoms with Gasteiger partial charge < -0.3 is 9.88 Å². The number of hydrogen-bond acceptors (Lipinski definition) is 1. The zero-order valence-electron chi connectivity index (χ0n) is 11.0. The van der Waals surface area contributed by atoms with Crippen LogP contribution in [0.1, 0.15) is 19.4 Å². The van der Waals surface area contributed by atoms with E-state index in [0.29, 0.717) is 5.92 Å². The average Bonchev–Trinajstić information content (AvgIpc) is 2.68. The zero-order chi connectivity index (χ0) is 12.3. The molecule has 2 rings (SSSR count). The minimum Gasteiger partial charge on any atom is -0.347 e. The van der Waals surface area contributed by atoms with E-state index in [4.69, 9.17) is 0 Å². The predicted molar refractivity (Wildman–Crippen MR) is 74.4 cm³/mol. The highest BCUT2D eigenvalue weighted by molar-refractivity contribution is 5.80. The van der Waals surface area contributed by atoms with Crippen LogP contribution in [-0.2, 0) is 13.0 Å². The normalized spacial score (nSPS) is 11.5. The lowest BCUT2D eigenvalue weighted by atomic mass is 10.1. The summed E-state index contributed by atoms with van der Waals surface area (Å²) >= 11 is 0. The van der Waals surface area contributed by atoms with E-state index in [1.165, 1.54) is 16.5 Å². The van der Waals surface area contributed by atoms with Gasteiger partial charge in [-0.15, -0.1) is 0 Å². The van der Waals surface area contributed by atoms with E-state index >= 15 is 0 Å². The van der Waals surface area contributed by atoms with E-state index < -0.39 is 0 Å². The van der Waals surface area contributed by atoms with Gasteiger partial charge in [-0.1, -0.05) is 19.9 Å². The van der Waals surface area contributed by atoms with Gasteiger partial charge in [0.15, 0.2) is 0 Å². The fourth-order valence-corrected chi connectivity index (χ4v) is 2.23. The summed E-state index contributed by atoms with van der Waals surface area (Å²) in [4.78, 5) is 0. The fourth-order valence-electron chi connectivity index (χ4n) is 2.23. The van der Waals surface area contributed by atoms with Gasteiger partial charge in [-0.25, -0.2) is 0 Å². The Bertz CT molecular complexity index is 483. The third-order valence-electron chi connectivity index (χ3n) is 3.06. The zero-order valence-corrected chi connectivity index (χ0v) is 11.0. The maximum atomic E-state index is 3.19. The molecule has 0 unspecified atom stereocenters. The molecule has 0 fully saturated rings. The monoisotopic (exact) mass is 230 g/mol. The smallest absolute Gasteiger partial charge is 0.0480 e. The molecule has 2 heteroatoms. The molecule has 0 saturated heterocycles. The van der Waals surface area contributed by atoms with Crippen LogP contribution < -0.4 is 5.32 Å². The van der Waals surface area contributed by atoms with Crippen LogP contribution >= 0.6 is 0 Å². The third kappa shape index (κ3) is 2.89. The van der Waals surface area contributed by atoms with E-state index in [0.717, 1.165) is 19.5 Å². The molecule has 1 heterocycles. The first kappa shape index (κ1) is 12.2. The van der Waals surface area contributed by atoms with Crippen LogP contribution in [0.5, 0.6) is 0 Å². The first-order valence-corrected chi connectivity index (χ1v) is 6.43. The number of aromatic nitrogens is 1. The fraction of sp³-hybridized carbons (Fsp3) is 0.467. The van der Waals surface area contributed by atoms with Crippen LogP contribution in [-0.4, -0.2) is 18.2 Å². The molecule has 0 saturated carbocycles. The van der Waals surface area contributed by atoms with Crippen molar-refractivity contribution in [1.29, 1.82) is 0 Å². The molecule has 92 valence electrons. The molecular formula is C15H22N2. The molecule has 17 heavy (non-hydrogen) atoms. The van der Waals surface area contributed by atoms with Crippen molar-refractivity contribution in [2.75, 3.05) is 13.6 Å². The highest BCUT2D eigenvalue weighted by atomic mass is 15.0. The number of fused-ring (bicyclic) bond motifs is 1. The first-order chi connectivity index (χ1) is 8.20. The molecule has 0 atom stereocenters. The highest BCUT2D eigenvalue weighted by Gasteiger charge is 2.03. The summed E-state index contributed by atoms with van der Waals surface area (Å²) in [5, 5.41) is 4.55. The quantitative estimate of drug-likeness (QED) is 0.835. The van der Waals surface area contributed by atoms with Crippen LogP contribution in [0.2, 0.25) is 0 Å². The Morgan fingerprint density at radius 2 is 2.06 bits per heavy atom. The highest BCUT2D eigenvalue weighted by Crippen LogP contribution is 2.19. The molecule has 2 nitrogen and oxygen atoms in total. The van der Waals surface area contributed by atoms with Gasteiger partial charge in [-0.2, -0.15) is 0 Å². The maximum Gasteiger partial charge on any atom is 0.0480 e. The molecule has 2 aromatic rings. The summed E-state index contributed by atoms with van der Waals surface area (Å²) in [7, 11) is 2.00. The standard InChI is InChI=1S/C15H22N2/c1-12(2)11-17-9-7-14-10-13(6-8-16-3)4-5-15(14)17/h4-5,7,9-10,12,16H,6,8,11H2,1-3H3. The molecule has 1 aromatic carbocycles. The summed E-state index contributed by atoms with van der Waals surface area (Å²) < 4.78 is 2.35. The van der Waals surface area contributed by atoms with Crippen LogP contribution in [0.3, 0.4) is 0 Å². The Morgan fingerprint density at radius 1 is 1.24 bits per heavy atom. The predicted octanol–water partition coefficient (Wildman–Crippen LogP) is 3.06. The van der Waals surface area contributed by atoms with Gasteiger partial charge in [0.1, 0.15) is 0 Å². The van der Waals surface area contributed by atoms with Gasteiger partial charge in [0.25, 0.3) is 0 Å². The van der Waals surface area contributed by atoms with E-state index in [-0.39, 0.29) is 0 Å². The van der Waals surface area contributed by atoms with Crippen molar-refractivity contribution in [2.24, 2.45) is 5.92 Å². The second-order valence-electron chi connectivity index (χ2n) is 5.11. The number of hydrogen-bond donors (Lipinski definition) is 1. The molecule has 0 aliphatic carbocycles. The number of rotatable bonds is 5. The molecule has 0 bridgehead atoms. The van der Waals surface area contributed by atoms with Gasteiger partial charge in [0, 0.05) is 18.3 Å². The topological polar surface area (TPSA) is 17.0 Å². The minimum atomic E-state index is 0.689. The molecule has 1 aromatic heterocycles. The van der Waals surface area contributed by atoms with Gasteiger partial charge in [0.05, 0.1) is 0 Å². The average molecular weight is 230 g/mol. The summed E-state index contributed by atoms with van der Waals surface area (Å²) in [5.41, 5.74) is 2.76. The molecule has 0 amide bonds. The van der Waals surface area contributed by atoms with E-state index in [9.17, 15) is 0 Å². The van der Waals surface area contributed by atoms with Crippen LogP contribution in [0.4, 0.5) is 0 Å². The number of nitrogens with zero attached hydrogens (tertiary/aromatic N) is 1. The Morgan fingerprint density at radius 3 is 2.76 bits per heavy atom. The second kappa shape index (κ2) is 5.37. The molecule has 1 N–H and O–H groups in total. The van der Waals surface area contributed by atoms with Crippen molar-refractivity contribution < 1.29 is 0 Å². The Balaban J connectivity index is 2.25. The first-order valence-electron chi connectivity index (χ1n) is 6.43. The van der Waals surface area contributed by atoms with Crippen molar-refractivity contribution in [3.05, 3.63) is 36.0 Å². The lowest BCUT2D eigenvalue weighted by Crippen LogP contribution is -2.10. The number of benzene rings is 1. The Kier molecular flexibility index (Phi) is 3.85. The molecule has 0 aliphatic heterocycles. The lowest BCUT2D eigenvalue weighted by molar-refractivity contribution is 0.535. The van der Waals surface area contributed by atoms with Gasteiger partial charge in [0.2, 0.25) is 0 Å². The molecule has 0 spiro atoms. The second-order valence-corrected chi connectivity index (χ2v) is 5.11.